The van der Waals surface area contributed by atoms with Gasteiger partial charge >= 0.3 is 5.97 Å². The maximum atomic E-state index is 12.1. The number of aromatic amines is 1. The van der Waals surface area contributed by atoms with Crippen LogP contribution in [-0.2, 0) is 0 Å². The molecule has 0 bridgehead atoms. The first-order valence-electron chi connectivity index (χ1n) is 6.15. The molecule has 0 aliphatic heterocycles. The number of hydrogen-bond acceptors (Lipinski definition) is 4. The van der Waals surface area contributed by atoms with Crippen molar-refractivity contribution < 1.29 is 14.7 Å². The maximum Gasteiger partial charge on any atom is 0.337 e. The molecule has 0 aliphatic rings. The molecule has 110 valence electrons. The van der Waals surface area contributed by atoms with Crippen LogP contribution in [0.15, 0.2) is 22.7 Å². The SMILES string of the molecule is CC(C)c1nc(C(=O)Nc2cc(Br)ccc2C(=O)O)n[nH]1. The fourth-order valence-corrected chi connectivity index (χ4v) is 1.98. The normalized spacial score (nSPS) is 10.7. The van der Waals surface area contributed by atoms with Gasteiger partial charge in [0, 0.05) is 10.4 Å². The highest BCUT2D eigenvalue weighted by molar-refractivity contribution is 9.10. The van der Waals surface area contributed by atoms with E-state index < -0.39 is 11.9 Å². The van der Waals surface area contributed by atoms with E-state index in [0.29, 0.717) is 10.3 Å². The quantitative estimate of drug-likeness (QED) is 0.783. The molecule has 21 heavy (non-hydrogen) atoms. The lowest BCUT2D eigenvalue weighted by atomic mass is 10.2. The Balaban J connectivity index is 2.26. The molecule has 1 amide bonds. The molecule has 0 unspecified atom stereocenters. The Bertz CT molecular complexity index is 696. The van der Waals surface area contributed by atoms with Crippen molar-refractivity contribution in [3.05, 3.63) is 39.9 Å². The monoisotopic (exact) mass is 352 g/mol. The fourth-order valence-electron chi connectivity index (χ4n) is 1.62. The van der Waals surface area contributed by atoms with E-state index in [2.05, 4.69) is 36.4 Å². The standard InChI is InChI=1S/C13H13BrN4O3/c1-6(2)10-16-11(18-17-10)12(19)15-9-5-7(14)3-4-8(9)13(20)21/h3-6H,1-2H3,(H,15,19)(H,20,21)(H,16,17,18). The molecule has 7 nitrogen and oxygen atoms in total. The Kier molecular flexibility index (Phi) is 4.37. The van der Waals surface area contributed by atoms with Gasteiger partial charge in [-0.05, 0) is 18.2 Å². The molecule has 0 saturated carbocycles. The molecule has 8 heteroatoms. The zero-order chi connectivity index (χ0) is 15.6. The number of nitrogens with one attached hydrogen (secondary N) is 2. The van der Waals surface area contributed by atoms with Gasteiger partial charge in [0.2, 0.25) is 5.82 Å². The number of rotatable bonds is 4. The van der Waals surface area contributed by atoms with Gasteiger partial charge in [-0.15, -0.1) is 5.10 Å². The minimum Gasteiger partial charge on any atom is -0.478 e. The lowest BCUT2D eigenvalue weighted by Gasteiger charge is -2.07. The number of amides is 1. The number of aromatic nitrogens is 3. The number of carboxylic acids is 1. The van der Waals surface area contributed by atoms with Crippen LogP contribution in [0.25, 0.3) is 0 Å². The molecule has 0 spiro atoms. The van der Waals surface area contributed by atoms with Crippen LogP contribution < -0.4 is 5.32 Å². The largest absolute Gasteiger partial charge is 0.478 e. The number of carbonyl (C=O) groups is 2. The third kappa shape index (κ3) is 3.46. The van der Waals surface area contributed by atoms with Gasteiger partial charge in [-0.25, -0.2) is 9.78 Å². The fraction of sp³-hybridized carbons (Fsp3) is 0.231. The summed E-state index contributed by atoms with van der Waals surface area (Å²) >= 11 is 3.23. The van der Waals surface area contributed by atoms with Crippen LogP contribution in [0.1, 0.15) is 46.6 Å². The van der Waals surface area contributed by atoms with E-state index in [1.807, 2.05) is 13.8 Å². The molecular formula is C13H13BrN4O3. The summed E-state index contributed by atoms with van der Waals surface area (Å²) in [7, 11) is 0. The number of carbonyl (C=O) groups excluding carboxylic acids is 1. The molecule has 1 aromatic heterocycles. The molecule has 0 fully saturated rings. The van der Waals surface area contributed by atoms with E-state index in [1.165, 1.54) is 12.1 Å². The highest BCUT2D eigenvalue weighted by Crippen LogP contribution is 2.22. The van der Waals surface area contributed by atoms with Gasteiger partial charge in [0.05, 0.1) is 11.3 Å². The summed E-state index contributed by atoms with van der Waals surface area (Å²) in [5.41, 5.74) is 0.170. The van der Waals surface area contributed by atoms with Gasteiger partial charge in [0.25, 0.3) is 5.91 Å². The molecule has 1 heterocycles. The summed E-state index contributed by atoms with van der Waals surface area (Å²) in [4.78, 5) is 27.3. The van der Waals surface area contributed by atoms with E-state index in [4.69, 9.17) is 5.11 Å². The van der Waals surface area contributed by atoms with Crippen molar-refractivity contribution in [2.45, 2.75) is 19.8 Å². The smallest absolute Gasteiger partial charge is 0.337 e. The van der Waals surface area contributed by atoms with E-state index in [1.54, 1.807) is 6.07 Å². The maximum absolute atomic E-state index is 12.1. The Morgan fingerprint density at radius 2 is 2.10 bits per heavy atom. The first-order chi connectivity index (χ1) is 9.88. The molecule has 0 saturated heterocycles. The first-order valence-corrected chi connectivity index (χ1v) is 6.94. The number of anilines is 1. The third-order valence-electron chi connectivity index (χ3n) is 2.71. The summed E-state index contributed by atoms with van der Waals surface area (Å²) in [5, 5.41) is 18.1. The first kappa shape index (κ1) is 15.2. The number of carboxylic acid groups (broad SMARTS) is 1. The molecule has 2 aromatic rings. The van der Waals surface area contributed by atoms with Crippen molar-refractivity contribution in [3.63, 3.8) is 0 Å². The zero-order valence-corrected chi connectivity index (χ0v) is 12.9. The summed E-state index contributed by atoms with van der Waals surface area (Å²) in [6, 6.07) is 4.50. The Labute approximate surface area is 128 Å². The van der Waals surface area contributed by atoms with Crippen LogP contribution >= 0.6 is 15.9 Å². The lowest BCUT2D eigenvalue weighted by molar-refractivity contribution is 0.0698. The highest BCUT2D eigenvalue weighted by atomic mass is 79.9. The van der Waals surface area contributed by atoms with Crippen molar-refractivity contribution in [2.24, 2.45) is 0 Å². The number of hydrogen-bond donors (Lipinski definition) is 3. The number of nitrogens with zero attached hydrogens (tertiary/aromatic N) is 2. The minimum absolute atomic E-state index is 0.00818. The summed E-state index contributed by atoms with van der Waals surface area (Å²) in [6.07, 6.45) is 0. The van der Waals surface area contributed by atoms with Crippen LogP contribution in [0.4, 0.5) is 5.69 Å². The van der Waals surface area contributed by atoms with Crippen molar-refractivity contribution >= 4 is 33.5 Å². The van der Waals surface area contributed by atoms with Crippen molar-refractivity contribution in [1.82, 2.24) is 15.2 Å². The van der Waals surface area contributed by atoms with E-state index in [9.17, 15) is 9.59 Å². The summed E-state index contributed by atoms with van der Waals surface area (Å²) in [5.74, 6) is -1.03. The van der Waals surface area contributed by atoms with E-state index in [0.717, 1.165) is 0 Å². The third-order valence-corrected chi connectivity index (χ3v) is 3.21. The Hall–Kier alpha value is -2.22. The molecule has 0 atom stereocenters. The number of H-pyrrole nitrogens is 1. The summed E-state index contributed by atoms with van der Waals surface area (Å²) < 4.78 is 0.653. The Morgan fingerprint density at radius 3 is 2.67 bits per heavy atom. The topological polar surface area (TPSA) is 108 Å². The molecule has 0 radical (unpaired) electrons. The number of benzene rings is 1. The van der Waals surface area contributed by atoms with Crippen LogP contribution in [0.2, 0.25) is 0 Å². The Morgan fingerprint density at radius 1 is 1.38 bits per heavy atom. The van der Waals surface area contributed by atoms with Crippen molar-refractivity contribution in [2.75, 3.05) is 5.32 Å². The van der Waals surface area contributed by atoms with Crippen molar-refractivity contribution in [3.8, 4) is 0 Å². The average molecular weight is 353 g/mol. The van der Waals surface area contributed by atoms with Gasteiger partial charge in [0.15, 0.2) is 0 Å². The van der Waals surface area contributed by atoms with Crippen LogP contribution in [-0.4, -0.2) is 32.2 Å². The van der Waals surface area contributed by atoms with E-state index in [-0.39, 0.29) is 23.0 Å². The van der Waals surface area contributed by atoms with Crippen molar-refractivity contribution in [1.29, 1.82) is 0 Å². The number of halogens is 1. The zero-order valence-electron chi connectivity index (χ0n) is 11.3. The second-order valence-corrected chi connectivity index (χ2v) is 5.56. The second kappa shape index (κ2) is 6.04. The van der Waals surface area contributed by atoms with Crippen LogP contribution in [0.5, 0.6) is 0 Å². The average Bonchev–Trinajstić information content (AvgIpc) is 2.88. The predicted octanol–water partition coefficient (Wildman–Crippen LogP) is 2.64. The van der Waals surface area contributed by atoms with Gasteiger partial charge < -0.3 is 10.4 Å². The molecule has 0 aliphatic carbocycles. The van der Waals surface area contributed by atoms with Gasteiger partial charge in [-0.2, -0.15) is 0 Å². The second-order valence-electron chi connectivity index (χ2n) is 4.65. The highest BCUT2D eigenvalue weighted by Gasteiger charge is 2.17. The summed E-state index contributed by atoms with van der Waals surface area (Å²) in [6.45, 7) is 3.83. The minimum atomic E-state index is -1.13. The lowest BCUT2D eigenvalue weighted by Crippen LogP contribution is -2.16. The van der Waals surface area contributed by atoms with Crippen LogP contribution in [0, 0.1) is 0 Å². The molecule has 1 aromatic carbocycles. The van der Waals surface area contributed by atoms with E-state index >= 15 is 0 Å². The van der Waals surface area contributed by atoms with Gasteiger partial charge in [0.1, 0.15) is 5.82 Å². The van der Waals surface area contributed by atoms with Gasteiger partial charge in [-0.1, -0.05) is 29.8 Å². The number of aromatic carboxylic acids is 1. The van der Waals surface area contributed by atoms with Crippen LogP contribution in [0.3, 0.4) is 0 Å². The molecule has 2 rings (SSSR count). The predicted molar refractivity (Wildman–Crippen MR) is 79.5 cm³/mol. The molecular weight excluding hydrogens is 340 g/mol. The molecule has 3 N–H and O–H groups in total. The van der Waals surface area contributed by atoms with Gasteiger partial charge in [-0.3, -0.25) is 9.89 Å².